The SMILES string of the molecule is Cc1ccccc1NC(=O)NCc1cncc(C2CC2)c1. The molecule has 2 aromatic rings. The minimum Gasteiger partial charge on any atom is -0.334 e. The third-order valence-corrected chi connectivity index (χ3v) is 3.71. The monoisotopic (exact) mass is 281 g/mol. The number of pyridine rings is 1. The molecule has 4 heteroatoms. The standard InChI is InChI=1S/C17H19N3O/c1-12-4-2-3-5-16(12)20-17(21)19-10-13-8-15(11-18-9-13)14-6-7-14/h2-5,8-9,11,14H,6-7,10H2,1H3,(H2,19,20,21). The lowest BCUT2D eigenvalue weighted by Crippen LogP contribution is -2.28. The summed E-state index contributed by atoms with van der Waals surface area (Å²) in [4.78, 5) is 16.2. The van der Waals surface area contributed by atoms with Crippen LogP contribution in [0, 0.1) is 6.92 Å². The van der Waals surface area contributed by atoms with Gasteiger partial charge < -0.3 is 10.6 Å². The third kappa shape index (κ3) is 3.60. The van der Waals surface area contributed by atoms with Crippen LogP contribution in [-0.2, 0) is 6.54 Å². The van der Waals surface area contributed by atoms with Crippen molar-refractivity contribution in [2.75, 3.05) is 5.32 Å². The summed E-state index contributed by atoms with van der Waals surface area (Å²) in [6.45, 7) is 2.46. The topological polar surface area (TPSA) is 54.0 Å². The maximum Gasteiger partial charge on any atom is 0.319 e. The molecular formula is C17H19N3O. The summed E-state index contributed by atoms with van der Waals surface area (Å²) >= 11 is 0. The first-order valence-electron chi connectivity index (χ1n) is 7.26. The van der Waals surface area contributed by atoms with E-state index in [1.165, 1.54) is 18.4 Å². The minimum absolute atomic E-state index is 0.193. The fourth-order valence-electron chi connectivity index (χ4n) is 2.31. The van der Waals surface area contributed by atoms with E-state index in [9.17, 15) is 4.79 Å². The number of hydrogen-bond donors (Lipinski definition) is 2. The number of benzene rings is 1. The average Bonchev–Trinajstić information content (AvgIpc) is 3.33. The van der Waals surface area contributed by atoms with Crippen LogP contribution in [0.4, 0.5) is 10.5 Å². The molecule has 0 bridgehead atoms. The van der Waals surface area contributed by atoms with Gasteiger partial charge in [-0.25, -0.2) is 4.79 Å². The minimum atomic E-state index is -0.193. The smallest absolute Gasteiger partial charge is 0.319 e. The summed E-state index contributed by atoms with van der Waals surface area (Å²) in [5.74, 6) is 0.679. The number of aromatic nitrogens is 1. The van der Waals surface area contributed by atoms with E-state index in [-0.39, 0.29) is 6.03 Å². The van der Waals surface area contributed by atoms with E-state index in [0.29, 0.717) is 12.5 Å². The maximum atomic E-state index is 11.9. The maximum absolute atomic E-state index is 11.9. The second kappa shape index (κ2) is 5.95. The summed E-state index contributed by atoms with van der Waals surface area (Å²) in [6.07, 6.45) is 6.24. The second-order valence-corrected chi connectivity index (χ2v) is 5.52. The van der Waals surface area contributed by atoms with Crippen LogP contribution in [0.3, 0.4) is 0 Å². The van der Waals surface area contributed by atoms with Crippen molar-refractivity contribution in [1.29, 1.82) is 0 Å². The highest BCUT2D eigenvalue weighted by molar-refractivity contribution is 5.89. The van der Waals surface area contributed by atoms with E-state index in [1.807, 2.05) is 37.4 Å². The lowest BCUT2D eigenvalue weighted by molar-refractivity contribution is 0.251. The molecule has 1 aromatic heterocycles. The number of aryl methyl sites for hydroxylation is 1. The summed E-state index contributed by atoms with van der Waals surface area (Å²) in [5.41, 5.74) is 4.21. The molecule has 1 aliphatic carbocycles. The van der Waals surface area contributed by atoms with Gasteiger partial charge in [-0.2, -0.15) is 0 Å². The van der Waals surface area contributed by atoms with Gasteiger partial charge in [0.05, 0.1) is 0 Å². The molecule has 1 aromatic carbocycles. The fourth-order valence-corrected chi connectivity index (χ4v) is 2.31. The lowest BCUT2D eigenvalue weighted by atomic mass is 10.1. The van der Waals surface area contributed by atoms with Gasteiger partial charge in [-0.3, -0.25) is 4.98 Å². The zero-order chi connectivity index (χ0) is 14.7. The predicted molar refractivity (Wildman–Crippen MR) is 83.2 cm³/mol. The molecule has 0 saturated heterocycles. The fraction of sp³-hybridized carbons (Fsp3) is 0.294. The molecule has 0 spiro atoms. The van der Waals surface area contributed by atoms with Crippen molar-refractivity contribution in [3.05, 3.63) is 59.4 Å². The molecule has 2 amide bonds. The number of para-hydroxylation sites is 1. The Morgan fingerprint density at radius 1 is 1.29 bits per heavy atom. The summed E-state index contributed by atoms with van der Waals surface area (Å²) in [5, 5.41) is 5.73. The van der Waals surface area contributed by atoms with Gasteiger partial charge in [-0.1, -0.05) is 24.3 Å². The first-order chi connectivity index (χ1) is 10.2. The molecule has 1 aliphatic rings. The zero-order valence-corrected chi connectivity index (χ0v) is 12.1. The average molecular weight is 281 g/mol. The summed E-state index contributed by atoms with van der Waals surface area (Å²) in [6, 6.07) is 9.67. The van der Waals surface area contributed by atoms with E-state index >= 15 is 0 Å². The molecule has 0 aliphatic heterocycles. The van der Waals surface area contributed by atoms with Crippen molar-refractivity contribution in [1.82, 2.24) is 10.3 Å². The Kier molecular flexibility index (Phi) is 3.86. The summed E-state index contributed by atoms with van der Waals surface area (Å²) in [7, 11) is 0. The number of carbonyl (C=O) groups excluding carboxylic acids is 1. The highest BCUT2D eigenvalue weighted by Crippen LogP contribution is 2.39. The molecule has 108 valence electrons. The Morgan fingerprint density at radius 2 is 2.10 bits per heavy atom. The molecule has 0 atom stereocenters. The predicted octanol–water partition coefficient (Wildman–Crippen LogP) is 3.59. The largest absolute Gasteiger partial charge is 0.334 e. The Hall–Kier alpha value is -2.36. The van der Waals surface area contributed by atoms with Crippen LogP contribution in [0.5, 0.6) is 0 Å². The number of amides is 2. The van der Waals surface area contributed by atoms with Crippen molar-refractivity contribution in [2.24, 2.45) is 0 Å². The van der Waals surface area contributed by atoms with Gasteiger partial charge in [-0.15, -0.1) is 0 Å². The number of nitrogens with zero attached hydrogens (tertiary/aromatic N) is 1. The van der Waals surface area contributed by atoms with Crippen molar-refractivity contribution < 1.29 is 4.79 Å². The number of rotatable bonds is 4. The molecule has 1 fully saturated rings. The van der Waals surface area contributed by atoms with Crippen LogP contribution < -0.4 is 10.6 Å². The Bertz CT molecular complexity index is 650. The van der Waals surface area contributed by atoms with Crippen LogP contribution in [-0.4, -0.2) is 11.0 Å². The van der Waals surface area contributed by atoms with Crippen LogP contribution in [0.25, 0.3) is 0 Å². The van der Waals surface area contributed by atoms with E-state index < -0.39 is 0 Å². The van der Waals surface area contributed by atoms with Crippen LogP contribution >= 0.6 is 0 Å². The first-order valence-corrected chi connectivity index (χ1v) is 7.26. The molecular weight excluding hydrogens is 262 g/mol. The molecule has 1 heterocycles. The molecule has 1 saturated carbocycles. The van der Waals surface area contributed by atoms with Gasteiger partial charge in [0.15, 0.2) is 0 Å². The van der Waals surface area contributed by atoms with Crippen LogP contribution in [0.1, 0.15) is 35.4 Å². The second-order valence-electron chi connectivity index (χ2n) is 5.52. The van der Waals surface area contributed by atoms with E-state index in [0.717, 1.165) is 16.8 Å². The Labute approximate surface area is 124 Å². The zero-order valence-electron chi connectivity index (χ0n) is 12.1. The third-order valence-electron chi connectivity index (χ3n) is 3.71. The van der Waals surface area contributed by atoms with Crippen molar-refractivity contribution in [3.63, 3.8) is 0 Å². The number of carbonyl (C=O) groups is 1. The quantitative estimate of drug-likeness (QED) is 0.899. The van der Waals surface area contributed by atoms with Gasteiger partial charge in [0.1, 0.15) is 0 Å². The molecule has 4 nitrogen and oxygen atoms in total. The van der Waals surface area contributed by atoms with Gasteiger partial charge >= 0.3 is 6.03 Å². The first kappa shape index (κ1) is 13.6. The van der Waals surface area contributed by atoms with E-state index in [4.69, 9.17) is 0 Å². The Balaban J connectivity index is 1.56. The highest BCUT2D eigenvalue weighted by Gasteiger charge is 2.23. The van der Waals surface area contributed by atoms with E-state index in [2.05, 4.69) is 21.7 Å². The highest BCUT2D eigenvalue weighted by atomic mass is 16.2. The van der Waals surface area contributed by atoms with Gasteiger partial charge in [-0.05, 0) is 48.4 Å². The number of hydrogen-bond acceptors (Lipinski definition) is 2. The number of urea groups is 1. The van der Waals surface area contributed by atoms with Crippen molar-refractivity contribution in [2.45, 2.75) is 32.2 Å². The molecule has 0 radical (unpaired) electrons. The Morgan fingerprint density at radius 3 is 2.86 bits per heavy atom. The lowest BCUT2D eigenvalue weighted by Gasteiger charge is -2.10. The van der Waals surface area contributed by atoms with Crippen molar-refractivity contribution in [3.8, 4) is 0 Å². The van der Waals surface area contributed by atoms with Crippen LogP contribution in [0.15, 0.2) is 42.7 Å². The molecule has 21 heavy (non-hydrogen) atoms. The number of nitrogens with one attached hydrogen (secondary N) is 2. The van der Waals surface area contributed by atoms with Gasteiger partial charge in [0, 0.05) is 24.6 Å². The van der Waals surface area contributed by atoms with Gasteiger partial charge in [0.25, 0.3) is 0 Å². The summed E-state index contributed by atoms with van der Waals surface area (Å²) < 4.78 is 0. The molecule has 3 rings (SSSR count). The van der Waals surface area contributed by atoms with Gasteiger partial charge in [0.2, 0.25) is 0 Å². The van der Waals surface area contributed by atoms with Crippen LogP contribution in [0.2, 0.25) is 0 Å². The normalized spacial score (nSPS) is 13.8. The number of anilines is 1. The molecule has 2 N–H and O–H groups in total. The van der Waals surface area contributed by atoms with E-state index in [1.54, 1.807) is 6.20 Å². The van der Waals surface area contributed by atoms with Crippen molar-refractivity contribution >= 4 is 11.7 Å². The molecule has 0 unspecified atom stereocenters.